The Kier molecular flexibility index (Phi) is 5.55. The molecule has 0 unspecified atom stereocenters. The fraction of sp³-hybridized carbons (Fsp3) is 0.211. The third-order valence-electron chi connectivity index (χ3n) is 3.96. The van der Waals surface area contributed by atoms with E-state index in [4.69, 9.17) is 9.47 Å². The quantitative estimate of drug-likeness (QED) is 0.594. The van der Waals surface area contributed by atoms with E-state index < -0.39 is 0 Å². The van der Waals surface area contributed by atoms with E-state index in [2.05, 4.69) is 20.6 Å². The van der Waals surface area contributed by atoms with E-state index in [1.807, 2.05) is 6.07 Å². The van der Waals surface area contributed by atoms with Crippen molar-refractivity contribution in [3.05, 3.63) is 48.3 Å². The van der Waals surface area contributed by atoms with E-state index in [1.165, 1.54) is 0 Å². The highest BCUT2D eigenvalue weighted by molar-refractivity contribution is 6.00. The number of aromatic amines is 1. The van der Waals surface area contributed by atoms with Gasteiger partial charge in [0.15, 0.2) is 11.5 Å². The lowest BCUT2D eigenvalue weighted by atomic mass is 10.2. The number of nitrogens with zero attached hydrogens (tertiary/aromatic N) is 1. The van der Waals surface area contributed by atoms with Gasteiger partial charge in [0.05, 0.1) is 19.7 Å². The van der Waals surface area contributed by atoms with Gasteiger partial charge in [-0.3, -0.25) is 9.59 Å². The molecule has 0 saturated heterocycles. The molecule has 3 rings (SSSR count). The minimum Gasteiger partial charge on any atom is -0.493 e. The first-order valence-corrected chi connectivity index (χ1v) is 8.35. The van der Waals surface area contributed by atoms with Crippen molar-refractivity contribution in [3.8, 4) is 11.5 Å². The molecule has 0 atom stereocenters. The molecule has 0 aliphatic heterocycles. The number of benzene rings is 1. The summed E-state index contributed by atoms with van der Waals surface area (Å²) in [6.07, 6.45) is 1.73. The number of hydrogen-bond acceptors (Lipinski definition) is 5. The van der Waals surface area contributed by atoms with Crippen LogP contribution in [0.2, 0.25) is 0 Å². The summed E-state index contributed by atoms with van der Waals surface area (Å²) in [5, 5.41) is 6.13. The second kappa shape index (κ2) is 8.22. The molecule has 0 saturated carbocycles. The molecule has 0 fully saturated rings. The maximum absolute atomic E-state index is 12.3. The van der Waals surface area contributed by atoms with Crippen molar-refractivity contribution in [2.24, 2.45) is 0 Å². The molecule has 3 N–H and O–H groups in total. The van der Waals surface area contributed by atoms with Crippen LogP contribution in [0.1, 0.15) is 16.9 Å². The number of hydrogen-bond donors (Lipinski definition) is 3. The molecule has 0 aliphatic rings. The SMILES string of the molecule is COc1ccc2[nH]c(C(=O)NCCC(=O)Nc3ccccn3)cc2c1OC. The van der Waals surface area contributed by atoms with Crippen molar-refractivity contribution in [1.29, 1.82) is 0 Å². The number of anilines is 1. The van der Waals surface area contributed by atoms with Crippen LogP contribution in [0.5, 0.6) is 11.5 Å². The van der Waals surface area contributed by atoms with Crippen LogP contribution in [-0.4, -0.2) is 42.5 Å². The predicted octanol–water partition coefficient (Wildman–Crippen LogP) is 2.34. The maximum atomic E-state index is 12.3. The first-order chi connectivity index (χ1) is 13.1. The summed E-state index contributed by atoms with van der Waals surface area (Å²) in [5.74, 6) is 1.09. The Morgan fingerprint density at radius 2 is 2.00 bits per heavy atom. The summed E-state index contributed by atoms with van der Waals surface area (Å²) in [6, 6.07) is 10.5. The van der Waals surface area contributed by atoms with Crippen LogP contribution in [0.4, 0.5) is 5.82 Å². The second-order valence-electron chi connectivity index (χ2n) is 5.71. The molecule has 8 nitrogen and oxygen atoms in total. The number of rotatable bonds is 7. The third-order valence-corrected chi connectivity index (χ3v) is 3.96. The lowest BCUT2D eigenvalue weighted by Gasteiger charge is -2.07. The second-order valence-corrected chi connectivity index (χ2v) is 5.71. The summed E-state index contributed by atoms with van der Waals surface area (Å²) in [6.45, 7) is 0.202. The largest absolute Gasteiger partial charge is 0.493 e. The van der Waals surface area contributed by atoms with Crippen molar-refractivity contribution in [2.45, 2.75) is 6.42 Å². The number of pyridine rings is 1. The van der Waals surface area contributed by atoms with E-state index in [1.54, 1.807) is 50.7 Å². The molecule has 0 radical (unpaired) electrons. The molecule has 0 aliphatic carbocycles. The van der Waals surface area contributed by atoms with Crippen molar-refractivity contribution in [2.75, 3.05) is 26.1 Å². The van der Waals surface area contributed by atoms with Crippen molar-refractivity contribution in [3.63, 3.8) is 0 Å². The lowest BCUT2D eigenvalue weighted by molar-refractivity contribution is -0.116. The van der Waals surface area contributed by atoms with Gasteiger partial charge in [-0.1, -0.05) is 6.07 Å². The molecule has 2 aromatic heterocycles. The van der Waals surface area contributed by atoms with Gasteiger partial charge in [-0.2, -0.15) is 0 Å². The number of carbonyl (C=O) groups is 2. The number of methoxy groups -OCH3 is 2. The average Bonchev–Trinajstić information content (AvgIpc) is 3.12. The molecular formula is C19H20N4O4. The first-order valence-electron chi connectivity index (χ1n) is 8.35. The molecule has 0 bridgehead atoms. The zero-order chi connectivity index (χ0) is 19.2. The molecule has 8 heteroatoms. The molecular weight excluding hydrogens is 348 g/mol. The number of aromatic nitrogens is 2. The summed E-state index contributed by atoms with van der Waals surface area (Å²) in [4.78, 5) is 31.3. The van der Waals surface area contributed by atoms with E-state index >= 15 is 0 Å². The molecule has 2 heterocycles. The molecule has 1 aromatic carbocycles. The Labute approximate surface area is 155 Å². The van der Waals surface area contributed by atoms with Gasteiger partial charge in [-0.15, -0.1) is 0 Å². The molecule has 0 spiro atoms. The van der Waals surface area contributed by atoms with Gasteiger partial charge in [0.25, 0.3) is 5.91 Å². The summed E-state index contributed by atoms with van der Waals surface area (Å²) < 4.78 is 10.6. The van der Waals surface area contributed by atoms with Crippen LogP contribution in [0.15, 0.2) is 42.6 Å². The van der Waals surface area contributed by atoms with Crippen LogP contribution in [0.25, 0.3) is 10.9 Å². The van der Waals surface area contributed by atoms with Crippen molar-refractivity contribution < 1.29 is 19.1 Å². The molecule has 140 valence electrons. The minimum atomic E-state index is -0.308. The summed E-state index contributed by atoms with van der Waals surface area (Å²) in [5.41, 5.74) is 1.13. The van der Waals surface area contributed by atoms with E-state index in [0.29, 0.717) is 23.0 Å². The molecule has 2 amide bonds. The standard InChI is InChI=1S/C19H20N4O4/c1-26-15-7-6-13-12(18(15)27-2)11-14(22-13)19(25)21-10-8-17(24)23-16-5-3-4-9-20-16/h3-7,9,11,22H,8,10H2,1-2H3,(H,21,25)(H,20,23,24). The van der Waals surface area contributed by atoms with Gasteiger partial charge in [0.2, 0.25) is 5.91 Å². The Balaban J connectivity index is 1.60. The molecule has 3 aromatic rings. The van der Waals surface area contributed by atoms with Crippen LogP contribution in [-0.2, 0) is 4.79 Å². The number of H-pyrrole nitrogens is 1. The Morgan fingerprint density at radius 1 is 1.15 bits per heavy atom. The van der Waals surface area contributed by atoms with Crippen LogP contribution in [0, 0.1) is 0 Å². The number of fused-ring (bicyclic) bond motifs is 1. The van der Waals surface area contributed by atoms with Gasteiger partial charge in [-0.25, -0.2) is 4.98 Å². The maximum Gasteiger partial charge on any atom is 0.267 e. The van der Waals surface area contributed by atoms with Gasteiger partial charge < -0.3 is 25.1 Å². The Morgan fingerprint density at radius 3 is 2.70 bits per heavy atom. The topological polar surface area (TPSA) is 105 Å². The van der Waals surface area contributed by atoms with Crippen LogP contribution >= 0.6 is 0 Å². The zero-order valence-corrected chi connectivity index (χ0v) is 15.0. The molecule has 27 heavy (non-hydrogen) atoms. The Bertz CT molecular complexity index is 953. The highest BCUT2D eigenvalue weighted by Crippen LogP contribution is 2.35. The fourth-order valence-corrected chi connectivity index (χ4v) is 2.68. The van der Waals surface area contributed by atoms with Crippen molar-refractivity contribution >= 4 is 28.5 Å². The van der Waals surface area contributed by atoms with E-state index in [0.717, 1.165) is 10.9 Å². The lowest BCUT2D eigenvalue weighted by Crippen LogP contribution is -2.28. The normalized spacial score (nSPS) is 10.4. The number of nitrogens with one attached hydrogen (secondary N) is 3. The van der Waals surface area contributed by atoms with Crippen molar-refractivity contribution in [1.82, 2.24) is 15.3 Å². The van der Waals surface area contributed by atoms with E-state index in [-0.39, 0.29) is 24.8 Å². The van der Waals surface area contributed by atoms with Gasteiger partial charge in [0, 0.05) is 24.5 Å². The predicted molar refractivity (Wildman–Crippen MR) is 101 cm³/mol. The Hall–Kier alpha value is -3.55. The zero-order valence-electron chi connectivity index (χ0n) is 15.0. The number of carbonyl (C=O) groups excluding carboxylic acids is 2. The van der Waals surface area contributed by atoms with E-state index in [9.17, 15) is 9.59 Å². The highest BCUT2D eigenvalue weighted by Gasteiger charge is 2.15. The first kappa shape index (κ1) is 18.2. The summed E-state index contributed by atoms with van der Waals surface area (Å²) in [7, 11) is 3.10. The average molecular weight is 368 g/mol. The number of amides is 2. The highest BCUT2D eigenvalue weighted by atomic mass is 16.5. The smallest absolute Gasteiger partial charge is 0.267 e. The van der Waals surface area contributed by atoms with Gasteiger partial charge in [-0.05, 0) is 30.3 Å². The fourth-order valence-electron chi connectivity index (χ4n) is 2.68. The third kappa shape index (κ3) is 4.17. The van der Waals surface area contributed by atoms with Gasteiger partial charge >= 0.3 is 0 Å². The van der Waals surface area contributed by atoms with Crippen LogP contribution in [0.3, 0.4) is 0 Å². The monoisotopic (exact) mass is 368 g/mol. The number of ether oxygens (including phenoxy) is 2. The van der Waals surface area contributed by atoms with Crippen LogP contribution < -0.4 is 20.1 Å². The van der Waals surface area contributed by atoms with Gasteiger partial charge in [0.1, 0.15) is 11.5 Å². The minimum absolute atomic E-state index is 0.139. The summed E-state index contributed by atoms with van der Waals surface area (Å²) >= 11 is 0.